The Bertz CT molecular complexity index is 481. The summed E-state index contributed by atoms with van der Waals surface area (Å²) in [7, 11) is 1.82. The van der Waals surface area contributed by atoms with Crippen molar-refractivity contribution in [3.05, 3.63) is 29.8 Å². The van der Waals surface area contributed by atoms with Crippen LogP contribution in [-0.2, 0) is 4.79 Å². The minimum atomic E-state index is -2.39. The van der Waals surface area contributed by atoms with Crippen molar-refractivity contribution in [3.63, 3.8) is 0 Å². The van der Waals surface area contributed by atoms with Gasteiger partial charge >= 0.3 is 0 Å². The number of rotatable bonds is 5. The predicted octanol–water partition coefficient (Wildman–Crippen LogP) is 3.27. The first-order valence-corrected chi connectivity index (χ1v) is 7.88. The van der Waals surface area contributed by atoms with E-state index in [2.05, 4.69) is 5.32 Å². The van der Waals surface area contributed by atoms with Gasteiger partial charge in [-0.2, -0.15) is 8.78 Å². The zero-order chi connectivity index (χ0) is 15.4. The summed E-state index contributed by atoms with van der Waals surface area (Å²) in [5.74, 6) is -2.20. The Morgan fingerprint density at radius 1 is 1.33 bits per heavy atom. The number of hydrogen-bond acceptors (Lipinski definition) is 3. The molecule has 1 N–H and O–H groups in total. The summed E-state index contributed by atoms with van der Waals surface area (Å²) in [6.07, 6.45) is 1.41. The van der Waals surface area contributed by atoms with Crippen molar-refractivity contribution in [3.8, 4) is 0 Å². The molecule has 0 spiro atoms. The molecule has 3 nitrogen and oxygen atoms in total. The van der Waals surface area contributed by atoms with E-state index in [4.69, 9.17) is 0 Å². The van der Waals surface area contributed by atoms with Crippen molar-refractivity contribution >= 4 is 17.7 Å². The predicted molar refractivity (Wildman–Crippen MR) is 80.5 cm³/mol. The van der Waals surface area contributed by atoms with Gasteiger partial charge in [0, 0.05) is 37.0 Å². The number of nitrogens with one attached hydrogen (secondary N) is 1. The van der Waals surface area contributed by atoms with Crippen molar-refractivity contribution in [2.24, 2.45) is 0 Å². The number of likely N-dealkylation sites (N-methyl/N-ethyl adjacent to an activating group) is 1. The van der Waals surface area contributed by atoms with Gasteiger partial charge in [0.25, 0.3) is 5.76 Å². The molecule has 116 valence electrons. The number of carbonyl (C=O) groups excluding carboxylic acids is 1. The van der Waals surface area contributed by atoms with Gasteiger partial charge in [-0.3, -0.25) is 4.79 Å². The van der Waals surface area contributed by atoms with Gasteiger partial charge in [-0.1, -0.05) is 23.9 Å². The number of carbonyl (C=O) groups is 1. The Labute approximate surface area is 128 Å². The highest BCUT2D eigenvalue weighted by Gasteiger charge is 2.23. The lowest BCUT2D eigenvalue weighted by Gasteiger charge is -2.32. The van der Waals surface area contributed by atoms with Crippen molar-refractivity contribution < 1.29 is 13.6 Å². The van der Waals surface area contributed by atoms with E-state index in [0.717, 1.165) is 12.0 Å². The summed E-state index contributed by atoms with van der Waals surface area (Å²) in [5.41, 5.74) is 1.06. The third kappa shape index (κ3) is 4.68. The number of halogens is 2. The van der Waals surface area contributed by atoms with E-state index in [1.54, 1.807) is 17.0 Å². The first kappa shape index (κ1) is 16.2. The Morgan fingerprint density at radius 3 is 2.57 bits per heavy atom. The number of alkyl halides is 2. The van der Waals surface area contributed by atoms with Crippen molar-refractivity contribution in [1.82, 2.24) is 10.2 Å². The SMILES string of the molecule is C[C@@H](N[C@H]1CCC(=O)N(C)C1)c1ccc(SC(F)F)cc1. The monoisotopic (exact) mass is 314 g/mol. The van der Waals surface area contributed by atoms with Gasteiger partial charge in [-0.25, -0.2) is 0 Å². The van der Waals surface area contributed by atoms with E-state index in [-0.39, 0.29) is 18.0 Å². The summed E-state index contributed by atoms with van der Waals surface area (Å²) in [6, 6.07) is 7.60. The van der Waals surface area contributed by atoms with Crippen LogP contribution in [0.4, 0.5) is 8.78 Å². The Hall–Kier alpha value is -1.14. The van der Waals surface area contributed by atoms with Crippen LogP contribution in [0.1, 0.15) is 31.4 Å². The molecule has 0 radical (unpaired) electrons. The van der Waals surface area contributed by atoms with Crippen LogP contribution in [0, 0.1) is 0 Å². The second-order valence-corrected chi connectivity index (χ2v) is 6.41. The molecule has 1 fully saturated rings. The quantitative estimate of drug-likeness (QED) is 0.847. The second-order valence-electron chi connectivity index (χ2n) is 5.35. The standard InChI is InChI=1S/C15H20F2N2OS/c1-10(18-12-5-8-14(20)19(2)9-12)11-3-6-13(7-4-11)21-15(16)17/h3-4,6-7,10,12,15,18H,5,8-9H2,1-2H3/t10-,12+/m1/s1. The molecular weight excluding hydrogens is 294 g/mol. The van der Waals surface area contributed by atoms with E-state index in [0.29, 0.717) is 29.6 Å². The second kappa shape index (κ2) is 7.22. The van der Waals surface area contributed by atoms with Crippen molar-refractivity contribution in [2.75, 3.05) is 13.6 Å². The van der Waals surface area contributed by atoms with Crippen molar-refractivity contribution in [1.29, 1.82) is 0 Å². The maximum Gasteiger partial charge on any atom is 0.288 e. The normalized spacial score (nSPS) is 20.9. The zero-order valence-electron chi connectivity index (χ0n) is 12.2. The summed E-state index contributed by atoms with van der Waals surface area (Å²) in [6.45, 7) is 2.76. The third-order valence-corrected chi connectivity index (χ3v) is 4.44. The van der Waals surface area contributed by atoms with E-state index in [9.17, 15) is 13.6 Å². The van der Waals surface area contributed by atoms with Gasteiger partial charge in [0.05, 0.1) is 0 Å². The fraction of sp³-hybridized carbons (Fsp3) is 0.533. The van der Waals surface area contributed by atoms with E-state index < -0.39 is 5.76 Å². The molecule has 1 amide bonds. The highest BCUT2D eigenvalue weighted by Crippen LogP contribution is 2.26. The molecule has 0 aromatic heterocycles. The van der Waals surface area contributed by atoms with Crippen LogP contribution >= 0.6 is 11.8 Å². The number of amides is 1. The van der Waals surface area contributed by atoms with Gasteiger partial charge in [0.15, 0.2) is 0 Å². The first-order valence-electron chi connectivity index (χ1n) is 7.00. The average molecular weight is 314 g/mol. The van der Waals surface area contributed by atoms with Gasteiger partial charge in [-0.15, -0.1) is 0 Å². The van der Waals surface area contributed by atoms with Crippen LogP contribution in [0.2, 0.25) is 0 Å². The fourth-order valence-corrected chi connectivity index (χ4v) is 3.03. The third-order valence-electron chi connectivity index (χ3n) is 3.72. The number of nitrogens with zero attached hydrogens (tertiary/aromatic N) is 1. The van der Waals surface area contributed by atoms with Crippen molar-refractivity contribution in [2.45, 2.75) is 42.5 Å². The molecule has 1 aliphatic rings. The number of likely N-dealkylation sites (tertiary alicyclic amines) is 1. The highest BCUT2D eigenvalue weighted by molar-refractivity contribution is 7.99. The molecule has 0 aliphatic carbocycles. The minimum absolute atomic E-state index is 0.127. The Balaban J connectivity index is 1.91. The molecule has 2 atom stereocenters. The number of thioether (sulfide) groups is 1. The lowest BCUT2D eigenvalue weighted by molar-refractivity contribution is -0.132. The summed E-state index contributed by atoms with van der Waals surface area (Å²) < 4.78 is 24.6. The lowest BCUT2D eigenvalue weighted by Crippen LogP contribution is -2.47. The molecule has 2 rings (SSSR count). The average Bonchev–Trinajstić information content (AvgIpc) is 2.43. The summed E-state index contributed by atoms with van der Waals surface area (Å²) in [4.78, 5) is 13.8. The van der Waals surface area contributed by atoms with E-state index in [1.165, 1.54) is 0 Å². The van der Waals surface area contributed by atoms with Crippen LogP contribution in [0.3, 0.4) is 0 Å². The highest BCUT2D eigenvalue weighted by atomic mass is 32.2. The van der Waals surface area contributed by atoms with E-state index >= 15 is 0 Å². The largest absolute Gasteiger partial charge is 0.344 e. The molecule has 6 heteroatoms. The van der Waals surface area contributed by atoms with Gasteiger partial charge in [-0.05, 0) is 31.0 Å². The number of benzene rings is 1. The Kier molecular flexibility index (Phi) is 5.58. The van der Waals surface area contributed by atoms with Crippen LogP contribution in [0.25, 0.3) is 0 Å². The van der Waals surface area contributed by atoms with Gasteiger partial charge < -0.3 is 10.2 Å². The Morgan fingerprint density at radius 2 is 2.00 bits per heavy atom. The number of piperidine rings is 1. The maximum absolute atomic E-state index is 12.3. The van der Waals surface area contributed by atoms with Crippen LogP contribution in [0.15, 0.2) is 29.2 Å². The fourth-order valence-electron chi connectivity index (χ4n) is 2.54. The smallest absolute Gasteiger partial charge is 0.288 e. The molecule has 0 unspecified atom stereocenters. The van der Waals surface area contributed by atoms with Gasteiger partial charge in [0.2, 0.25) is 5.91 Å². The molecule has 0 saturated carbocycles. The van der Waals surface area contributed by atoms with E-state index in [1.807, 2.05) is 26.1 Å². The zero-order valence-corrected chi connectivity index (χ0v) is 13.0. The van der Waals surface area contributed by atoms with Crippen LogP contribution in [-0.4, -0.2) is 36.2 Å². The van der Waals surface area contributed by atoms with Crippen LogP contribution < -0.4 is 5.32 Å². The summed E-state index contributed by atoms with van der Waals surface area (Å²) in [5, 5.41) is 3.50. The molecule has 1 saturated heterocycles. The molecule has 21 heavy (non-hydrogen) atoms. The minimum Gasteiger partial charge on any atom is -0.344 e. The molecule has 1 aromatic rings. The first-order chi connectivity index (χ1) is 9.95. The van der Waals surface area contributed by atoms with Crippen LogP contribution in [0.5, 0.6) is 0 Å². The number of hydrogen-bond donors (Lipinski definition) is 1. The molecular formula is C15H20F2N2OS. The van der Waals surface area contributed by atoms with Gasteiger partial charge in [0.1, 0.15) is 0 Å². The lowest BCUT2D eigenvalue weighted by atomic mass is 10.0. The maximum atomic E-state index is 12.3. The molecule has 0 bridgehead atoms. The topological polar surface area (TPSA) is 32.3 Å². The molecule has 1 aromatic carbocycles. The summed E-state index contributed by atoms with van der Waals surface area (Å²) >= 11 is 0.557. The molecule has 1 aliphatic heterocycles. The molecule has 1 heterocycles.